The zero-order chi connectivity index (χ0) is 10.7. The van der Waals surface area contributed by atoms with Gasteiger partial charge in [-0.3, -0.25) is 0 Å². The van der Waals surface area contributed by atoms with Gasteiger partial charge in [-0.1, -0.05) is 12.1 Å². The Bertz CT molecular complexity index is 451. The molecule has 0 fully saturated rings. The van der Waals surface area contributed by atoms with Gasteiger partial charge in [-0.05, 0) is 24.6 Å². The molecular weight excluding hydrogens is 192 g/mol. The summed E-state index contributed by atoms with van der Waals surface area (Å²) in [5, 5.41) is 8.14. The van der Waals surface area contributed by atoms with Crippen LogP contribution < -0.4 is 10.1 Å². The molecule has 4 heteroatoms. The molecule has 0 saturated carbocycles. The molecule has 4 nitrogen and oxygen atoms in total. The Morgan fingerprint density at radius 2 is 2.33 bits per heavy atom. The molecule has 1 aromatic carbocycles. The average molecular weight is 206 g/mol. The molecule has 0 bridgehead atoms. The van der Waals surface area contributed by atoms with Gasteiger partial charge in [0.05, 0.1) is 12.5 Å². The molecular formula is C11H14N2O2. The predicted octanol–water partition coefficient (Wildman–Crippen LogP) is 2.66. The van der Waals surface area contributed by atoms with Crippen LogP contribution in [0.2, 0.25) is 0 Å². The van der Waals surface area contributed by atoms with Crippen molar-refractivity contribution in [2.75, 3.05) is 19.0 Å². The van der Waals surface area contributed by atoms with Crippen molar-refractivity contribution < 1.29 is 9.26 Å². The minimum atomic E-state index is 0.773. The molecule has 1 N–H and O–H groups in total. The van der Waals surface area contributed by atoms with Gasteiger partial charge >= 0.3 is 0 Å². The van der Waals surface area contributed by atoms with Gasteiger partial charge in [-0.25, -0.2) is 0 Å². The molecule has 1 heterocycles. The molecule has 2 aromatic rings. The standard InChI is InChI=1S/C11H14N2O2/c1-3-6-12-11-9-7-8(14-2)4-5-10(9)15-13-11/h4-5,7H,3,6H2,1-2H3,(H,12,13). The quantitative estimate of drug-likeness (QED) is 0.835. The van der Waals surface area contributed by atoms with Gasteiger partial charge in [0.25, 0.3) is 0 Å². The van der Waals surface area contributed by atoms with E-state index in [9.17, 15) is 0 Å². The first-order chi connectivity index (χ1) is 7.35. The lowest BCUT2D eigenvalue weighted by Crippen LogP contribution is -1.99. The summed E-state index contributed by atoms with van der Waals surface area (Å²) < 4.78 is 10.3. The Labute approximate surface area is 88.2 Å². The van der Waals surface area contributed by atoms with Crippen LogP contribution in [-0.4, -0.2) is 18.8 Å². The molecule has 0 atom stereocenters. The zero-order valence-electron chi connectivity index (χ0n) is 8.91. The first kappa shape index (κ1) is 9.83. The van der Waals surface area contributed by atoms with Crippen LogP contribution in [0, 0.1) is 0 Å². The second kappa shape index (κ2) is 4.21. The highest BCUT2D eigenvalue weighted by Gasteiger charge is 2.07. The molecule has 0 radical (unpaired) electrons. The van der Waals surface area contributed by atoms with E-state index in [1.165, 1.54) is 0 Å². The monoisotopic (exact) mass is 206 g/mol. The molecule has 1 aromatic heterocycles. The first-order valence-electron chi connectivity index (χ1n) is 5.02. The van der Waals surface area contributed by atoms with E-state index in [2.05, 4.69) is 17.4 Å². The number of hydrogen-bond acceptors (Lipinski definition) is 4. The van der Waals surface area contributed by atoms with Crippen LogP contribution in [0.1, 0.15) is 13.3 Å². The van der Waals surface area contributed by atoms with Gasteiger partial charge in [0.1, 0.15) is 5.75 Å². The summed E-state index contributed by atoms with van der Waals surface area (Å²) in [6.07, 6.45) is 1.05. The molecule has 0 aliphatic carbocycles. The van der Waals surface area contributed by atoms with E-state index in [0.29, 0.717) is 0 Å². The normalized spacial score (nSPS) is 10.5. The number of hydrogen-bond donors (Lipinski definition) is 1. The summed E-state index contributed by atoms with van der Waals surface area (Å²) in [6, 6.07) is 5.64. The Morgan fingerprint density at radius 3 is 3.07 bits per heavy atom. The van der Waals surface area contributed by atoms with Crippen LogP contribution in [0.15, 0.2) is 22.7 Å². The number of ether oxygens (including phenoxy) is 1. The molecule has 2 rings (SSSR count). The number of methoxy groups -OCH3 is 1. The predicted molar refractivity (Wildman–Crippen MR) is 59.3 cm³/mol. The lowest BCUT2D eigenvalue weighted by atomic mass is 10.2. The molecule has 0 amide bonds. The number of benzene rings is 1. The highest BCUT2D eigenvalue weighted by molar-refractivity contribution is 5.89. The van der Waals surface area contributed by atoms with E-state index >= 15 is 0 Å². The van der Waals surface area contributed by atoms with Crippen LogP contribution in [0.3, 0.4) is 0 Å². The van der Waals surface area contributed by atoms with Crippen molar-refractivity contribution in [3.05, 3.63) is 18.2 Å². The SMILES string of the molecule is CCCNc1noc2ccc(OC)cc12. The second-order valence-corrected chi connectivity index (χ2v) is 3.32. The fraction of sp³-hybridized carbons (Fsp3) is 0.364. The van der Waals surface area contributed by atoms with E-state index in [4.69, 9.17) is 9.26 Å². The van der Waals surface area contributed by atoms with E-state index in [1.54, 1.807) is 7.11 Å². The van der Waals surface area contributed by atoms with Crippen LogP contribution >= 0.6 is 0 Å². The number of aromatic nitrogens is 1. The van der Waals surface area contributed by atoms with Gasteiger partial charge in [0.15, 0.2) is 11.4 Å². The van der Waals surface area contributed by atoms with E-state index < -0.39 is 0 Å². The molecule has 80 valence electrons. The van der Waals surface area contributed by atoms with Crippen LogP contribution in [0.4, 0.5) is 5.82 Å². The lowest BCUT2D eigenvalue weighted by Gasteiger charge is -2.00. The Hall–Kier alpha value is -1.71. The van der Waals surface area contributed by atoms with Crippen molar-refractivity contribution in [1.29, 1.82) is 0 Å². The van der Waals surface area contributed by atoms with Crippen molar-refractivity contribution in [2.45, 2.75) is 13.3 Å². The number of nitrogens with zero attached hydrogens (tertiary/aromatic N) is 1. The van der Waals surface area contributed by atoms with E-state index in [0.717, 1.165) is 35.5 Å². The third-order valence-electron chi connectivity index (χ3n) is 2.22. The molecule has 15 heavy (non-hydrogen) atoms. The zero-order valence-corrected chi connectivity index (χ0v) is 8.91. The van der Waals surface area contributed by atoms with Crippen molar-refractivity contribution in [3.63, 3.8) is 0 Å². The molecule has 0 saturated heterocycles. The Balaban J connectivity index is 2.38. The average Bonchev–Trinajstić information content (AvgIpc) is 2.68. The third-order valence-corrected chi connectivity index (χ3v) is 2.22. The van der Waals surface area contributed by atoms with Crippen LogP contribution in [-0.2, 0) is 0 Å². The smallest absolute Gasteiger partial charge is 0.177 e. The van der Waals surface area contributed by atoms with Crippen LogP contribution in [0.25, 0.3) is 11.0 Å². The summed E-state index contributed by atoms with van der Waals surface area (Å²) in [4.78, 5) is 0. The Morgan fingerprint density at radius 1 is 1.47 bits per heavy atom. The summed E-state index contributed by atoms with van der Waals surface area (Å²) in [5.41, 5.74) is 0.773. The molecule has 0 unspecified atom stereocenters. The van der Waals surface area contributed by atoms with E-state index in [-0.39, 0.29) is 0 Å². The van der Waals surface area contributed by atoms with Crippen molar-refractivity contribution in [1.82, 2.24) is 5.16 Å². The largest absolute Gasteiger partial charge is 0.497 e. The van der Waals surface area contributed by atoms with Crippen molar-refractivity contribution in [2.24, 2.45) is 0 Å². The van der Waals surface area contributed by atoms with Gasteiger partial charge in [-0.15, -0.1) is 0 Å². The summed E-state index contributed by atoms with van der Waals surface area (Å²) >= 11 is 0. The summed E-state index contributed by atoms with van der Waals surface area (Å²) in [6.45, 7) is 2.99. The fourth-order valence-electron chi connectivity index (χ4n) is 1.42. The number of fused-ring (bicyclic) bond motifs is 1. The third kappa shape index (κ3) is 1.88. The topological polar surface area (TPSA) is 47.3 Å². The fourth-order valence-corrected chi connectivity index (χ4v) is 1.42. The molecule has 0 spiro atoms. The maximum absolute atomic E-state index is 5.18. The molecule has 0 aliphatic rings. The number of nitrogens with one attached hydrogen (secondary N) is 1. The maximum atomic E-state index is 5.18. The summed E-state index contributed by atoms with van der Waals surface area (Å²) in [5.74, 6) is 1.59. The first-order valence-corrected chi connectivity index (χ1v) is 5.02. The second-order valence-electron chi connectivity index (χ2n) is 3.32. The number of anilines is 1. The lowest BCUT2D eigenvalue weighted by molar-refractivity contribution is 0.415. The van der Waals surface area contributed by atoms with Gasteiger partial charge in [0.2, 0.25) is 0 Å². The van der Waals surface area contributed by atoms with Crippen LogP contribution in [0.5, 0.6) is 5.75 Å². The van der Waals surface area contributed by atoms with Gasteiger partial charge in [-0.2, -0.15) is 0 Å². The van der Waals surface area contributed by atoms with Gasteiger partial charge in [0, 0.05) is 6.54 Å². The van der Waals surface area contributed by atoms with E-state index in [1.807, 2.05) is 18.2 Å². The highest BCUT2D eigenvalue weighted by atomic mass is 16.5. The van der Waals surface area contributed by atoms with Gasteiger partial charge < -0.3 is 14.6 Å². The number of rotatable bonds is 4. The maximum Gasteiger partial charge on any atom is 0.177 e. The van der Waals surface area contributed by atoms with Crippen molar-refractivity contribution >= 4 is 16.8 Å². The van der Waals surface area contributed by atoms with Crippen molar-refractivity contribution in [3.8, 4) is 5.75 Å². The minimum Gasteiger partial charge on any atom is -0.497 e. The summed E-state index contributed by atoms with van der Waals surface area (Å²) in [7, 11) is 1.65. The minimum absolute atomic E-state index is 0.773. The molecule has 0 aliphatic heterocycles. The Kier molecular flexibility index (Phi) is 2.76. The highest BCUT2D eigenvalue weighted by Crippen LogP contribution is 2.26.